The van der Waals surface area contributed by atoms with E-state index in [1.807, 2.05) is 24.3 Å². The van der Waals surface area contributed by atoms with Crippen LogP contribution in [0.2, 0.25) is 5.02 Å². The number of hydrogen-bond donors (Lipinski definition) is 1. The Morgan fingerprint density at radius 2 is 1.66 bits per heavy atom. The number of hydrogen-bond acceptors (Lipinski definition) is 5. The molecule has 3 rings (SSSR count). The minimum absolute atomic E-state index is 0.0944. The molecule has 3 aromatic rings. The predicted octanol–water partition coefficient (Wildman–Crippen LogP) is 4.45. The van der Waals surface area contributed by atoms with Gasteiger partial charge in [0.05, 0.1) is 17.7 Å². The Morgan fingerprint density at radius 1 is 1.00 bits per heavy atom. The van der Waals surface area contributed by atoms with Gasteiger partial charge in [0.15, 0.2) is 0 Å². The Hall–Kier alpha value is -2.68. The van der Waals surface area contributed by atoms with Gasteiger partial charge in [0.1, 0.15) is 12.3 Å². The summed E-state index contributed by atoms with van der Waals surface area (Å²) in [5.74, 6) is 0.582. The largest absolute Gasteiger partial charge is 0.495 e. The summed E-state index contributed by atoms with van der Waals surface area (Å²) < 4.78 is 33.1. The number of carbonyl (C=O) groups is 1. The lowest BCUT2D eigenvalue weighted by Gasteiger charge is -2.25. The van der Waals surface area contributed by atoms with Gasteiger partial charge in [-0.2, -0.15) is 0 Å². The molecule has 9 heteroatoms. The minimum atomic E-state index is -3.98. The molecule has 6 nitrogen and oxygen atoms in total. The number of thioether (sulfide) groups is 1. The molecule has 168 valence electrons. The zero-order valence-corrected chi connectivity index (χ0v) is 19.8. The molecule has 0 bridgehead atoms. The van der Waals surface area contributed by atoms with Crippen molar-refractivity contribution in [2.75, 3.05) is 30.3 Å². The van der Waals surface area contributed by atoms with E-state index in [1.54, 1.807) is 54.2 Å². The summed E-state index contributed by atoms with van der Waals surface area (Å²) in [5.41, 5.74) is 0.296. The van der Waals surface area contributed by atoms with Crippen LogP contribution in [0.1, 0.15) is 0 Å². The van der Waals surface area contributed by atoms with Crippen LogP contribution in [0.15, 0.2) is 88.7 Å². The summed E-state index contributed by atoms with van der Waals surface area (Å²) in [6.45, 7) is 0.0144. The van der Waals surface area contributed by atoms with Crippen molar-refractivity contribution in [3.63, 3.8) is 0 Å². The van der Waals surface area contributed by atoms with Gasteiger partial charge in [-0.3, -0.25) is 9.10 Å². The SMILES string of the molecule is COc1ccccc1N(CC(=O)NCCSc1ccc(Cl)cc1)S(=O)(=O)c1ccccc1. The molecule has 32 heavy (non-hydrogen) atoms. The monoisotopic (exact) mass is 490 g/mol. The fraction of sp³-hybridized carbons (Fsp3) is 0.174. The summed E-state index contributed by atoms with van der Waals surface area (Å²) in [5, 5.41) is 3.46. The number of halogens is 1. The summed E-state index contributed by atoms with van der Waals surface area (Å²) >= 11 is 7.46. The Balaban J connectivity index is 1.72. The molecule has 0 saturated heterocycles. The molecule has 0 atom stereocenters. The number of amides is 1. The van der Waals surface area contributed by atoms with Crippen molar-refractivity contribution in [1.82, 2.24) is 5.32 Å². The number of para-hydroxylation sites is 2. The van der Waals surface area contributed by atoms with E-state index in [9.17, 15) is 13.2 Å². The Bertz CT molecular complexity index is 1140. The van der Waals surface area contributed by atoms with Gasteiger partial charge in [-0.1, -0.05) is 41.9 Å². The van der Waals surface area contributed by atoms with Gasteiger partial charge in [0.2, 0.25) is 5.91 Å². The fourth-order valence-electron chi connectivity index (χ4n) is 2.93. The van der Waals surface area contributed by atoms with E-state index in [0.717, 1.165) is 9.20 Å². The number of ether oxygens (including phenoxy) is 1. The lowest BCUT2D eigenvalue weighted by Crippen LogP contribution is -2.41. The maximum Gasteiger partial charge on any atom is 0.264 e. The average Bonchev–Trinajstić information content (AvgIpc) is 2.82. The van der Waals surface area contributed by atoms with Crippen LogP contribution in [-0.4, -0.2) is 40.3 Å². The number of carbonyl (C=O) groups excluding carboxylic acids is 1. The van der Waals surface area contributed by atoms with E-state index in [0.29, 0.717) is 28.8 Å². The number of nitrogens with zero attached hydrogens (tertiary/aromatic N) is 1. The van der Waals surface area contributed by atoms with Crippen molar-refractivity contribution in [2.45, 2.75) is 9.79 Å². The van der Waals surface area contributed by atoms with E-state index in [-0.39, 0.29) is 11.4 Å². The highest BCUT2D eigenvalue weighted by molar-refractivity contribution is 7.99. The fourth-order valence-corrected chi connectivity index (χ4v) is 5.28. The second-order valence-corrected chi connectivity index (χ2v) is 10.1. The van der Waals surface area contributed by atoms with Crippen LogP contribution in [0.5, 0.6) is 5.75 Å². The maximum atomic E-state index is 13.4. The number of rotatable bonds is 10. The third-order valence-electron chi connectivity index (χ3n) is 4.48. The van der Waals surface area contributed by atoms with Gasteiger partial charge in [0, 0.05) is 22.2 Å². The molecule has 0 fully saturated rings. The number of anilines is 1. The standard InChI is InChI=1S/C23H23ClN2O4S2/c1-30-22-10-6-5-9-21(22)26(32(28,29)20-7-3-2-4-8-20)17-23(27)25-15-16-31-19-13-11-18(24)12-14-19/h2-14H,15-17H2,1H3,(H,25,27). The van der Waals surface area contributed by atoms with Crippen molar-refractivity contribution >= 4 is 45.0 Å². The maximum absolute atomic E-state index is 13.4. The quantitative estimate of drug-likeness (QED) is 0.335. The number of sulfonamides is 1. The Kier molecular flexibility index (Phi) is 8.44. The molecule has 0 spiro atoms. The van der Waals surface area contributed by atoms with Gasteiger partial charge in [-0.05, 0) is 48.5 Å². The predicted molar refractivity (Wildman–Crippen MR) is 129 cm³/mol. The van der Waals surface area contributed by atoms with Gasteiger partial charge in [-0.15, -0.1) is 11.8 Å². The molecule has 3 aromatic carbocycles. The highest BCUT2D eigenvalue weighted by Crippen LogP contribution is 2.32. The molecule has 1 N–H and O–H groups in total. The van der Waals surface area contributed by atoms with Crippen LogP contribution in [0.4, 0.5) is 5.69 Å². The van der Waals surface area contributed by atoms with E-state index in [4.69, 9.17) is 16.3 Å². The highest BCUT2D eigenvalue weighted by Gasteiger charge is 2.29. The summed E-state index contributed by atoms with van der Waals surface area (Å²) in [7, 11) is -2.53. The number of nitrogens with one attached hydrogen (secondary N) is 1. The van der Waals surface area contributed by atoms with Crippen LogP contribution in [0, 0.1) is 0 Å². The number of methoxy groups -OCH3 is 1. The van der Waals surface area contributed by atoms with Gasteiger partial charge in [0.25, 0.3) is 10.0 Å². The highest BCUT2D eigenvalue weighted by atomic mass is 35.5. The summed E-state index contributed by atoms with van der Waals surface area (Å²) in [6, 6.07) is 22.2. The Morgan fingerprint density at radius 3 is 2.34 bits per heavy atom. The zero-order valence-electron chi connectivity index (χ0n) is 17.4. The molecule has 0 unspecified atom stereocenters. The second kappa shape index (κ2) is 11.3. The smallest absolute Gasteiger partial charge is 0.264 e. The van der Waals surface area contributed by atoms with Crippen molar-refractivity contribution in [2.24, 2.45) is 0 Å². The molecule has 0 saturated carbocycles. The molecule has 0 aliphatic rings. The molecular weight excluding hydrogens is 468 g/mol. The molecule has 0 aliphatic carbocycles. The first-order chi connectivity index (χ1) is 15.4. The second-order valence-electron chi connectivity index (χ2n) is 6.65. The lowest BCUT2D eigenvalue weighted by atomic mass is 10.3. The molecule has 1 amide bonds. The van der Waals surface area contributed by atoms with E-state index in [2.05, 4.69) is 5.32 Å². The van der Waals surface area contributed by atoms with Crippen LogP contribution < -0.4 is 14.4 Å². The van der Waals surface area contributed by atoms with Gasteiger partial charge in [-0.25, -0.2) is 8.42 Å². The topological polar surface area (TPSA) is 75.7 Å². The first-order valence-electron chi connectivity index (χ1n) is 9.77. The van der Waals surface area contributed by atoms with Crippen molar-refractivity contribution in [3.8, 4) is 5.75 Å². The van der Waals surface area contributed by atoms with Crippen molar-refractivity contribution in [1.29, 1.82) is 0 Å². The van der Waals surface area contributed by atoms with Gasteiger partial charge >= 0.3 is 0 Å². The minimum Gasteiger partial charge on any atom is -0.495 e. The molecule has 0 aromatic heterocycles. The molecular formula is C23H23ClN2O4S2. The third-order valence-corrected chi connectivity index (χ3v) is 7.52. The molecule has 0 aliphatic heterocycles. The first-order valence-corrected chi connectivity index (χ1v) is 12.6. The first kappa shape index (κ1) is 24.0. The zero-order chi connectivity index (χ0) is 23.0. The van der Waals surface area contributed by atoms with E-state index < -0.39 is 15.9 Å². The molecule has 0 heterocycles. The van der Waals surface area contributed by atoms with Gasteiger partial charge < -0.3 is 10.1 Å². The Labute approximate surface area is 197 Å². The van der Waals surface area contributed by atoms with Crippen LogP contribution >= 0.6 is 23.4 Å². The van der Waals surface area contributed by atoms with Crippen molar-refractivity contribution < 1.29 is 17.9 Å². The summed E-state index contributed by atoms with van der Waals surface area (Å²) in [4.78, 5) is 13.8. The third kappa shape index (κ3) is 6.18. The number of benzene rings is 3. The van der Waals surface area contributed by atoms with E-state index >= 15 is 0 Å². The van der Waals surface area contributed by atoms with Crippen LogP contribution in [0.3, 0.4) is 0 Å². The normalized spacial score (nSPS) is 11.1. The average molecular weight is 491 g/mol. The van der Waals surface area contributed by atoms with Crippen molar-refractivity contribution in [3.05, 3.63) is 83.9 Å². The summed E-state index contributed by atoms with van der Waals surface area (Å²) in [6.07, 6.45) is 0. The van der Waals surface area contributed by atoms with E-state index in [1.165, 1.54) is 19.2 Å². The van der Waals surface area contributed by atoms with Crippen LogP contribution in [-0.2, 0) is 14.8 Å². The molecule has 0 radical (unpaired) electrons. The van der Waals surface area contributed by atoms with Crippen LogP contribution in [0.25, 0.3) is 0 Å². The lowest BCUT2D eigenvalue weighted by molar-refractivity contribution is -0.119.